The molecule has 2 rings (SSSR count). The predicted molar refractivity (Wildman–Crippen MR) is 66.0 cm³/mol. The zero-order valence-corrected chi connectivity index (χ0v) is 11.5. The highest BCUT2D eigenvalue weighted by Crippen LogP contribution is 2.39. The van der Waals surface area contributed by atoms with Crippen LogP contribution in [0.5, 0.6) is 0 Å². The number of aromatic nitrogens is 2. The zero-order valence-electron chi connectivity index (χ0n) is 8.51. The summed E-state index contributed by atoms with van der Waals surface area (Å²) in [5, 5.41) is 4.04. The first-order valence-electron chi connectivity index (χ1n) is 4.51. The van der Waals surface area contributed by atoms with Crippen LogP contribution in [0, 0.1) is 3.70 Å². The van der Waals surface area contributed by atoms with Crippen molar-refractivity contribution in [3.8, 4) is 0 Å². The fourth-order valence-corrected chi connectivity index (χ4v) is 3.16. The number of thiophene rings is 1. The Hall–Kier alpha value is -0.640. The third kappa shape index (κ3) is 2.46. The lowest BCUT2D eigenvalue weighted by Gasteiger charge is -2.01. The average molecular weight is 374 g/mol. The summed E-state index contributed by atoms with van der Waals surface area (Å²) in [6.07, 6.45) is -4.35. The quantitative estimate of drug-likeness (QED) is 0.757. The van der Waals surface area contributed by atoms with Crippen LogP contribution in [0.25, 0.3) is 10.2 Å². The highest BCUT2D eigenvalue weighted by Gasteiger charge is 2.34. The van der Waals surface area contributed by atoms with Crippen molar-refractivity contribution >= 4 is 49.9 Å². The van der Waals surface area contributed by atoms with Gasteiger partial charge in [0.15, 0.2) is 5.78 Å². The number of halogens is 4. The second-order valence-corrected chi connectivity index (χ2v) is 5.55. The summed E-state index contributed by atoms with van der Waals surface area (Å²) in [7, 11) is 0. The number of hydrogen-bond donors (Lipinski definition) is 0. The lowest BCUT2D eigenvalue weighted by atomic mass is 10.4. The minimum Gasteiger partial charge on any atom is -0.298 e. The summed E-state index contributed by atoms with van der Waals surface area (Å²) in [6.45, 7) is 1.37. The minimum absolute atomic E-state index is 0.00642. The monoisotopic (exact) mass is 374 g/mol. The van der Waals surface area contributed by atoms with Crippen molar-refractivity contribution in [2.75, 3.05) is 0 Å². The van der Waals surface area contributed by atoms with E-state index in [1.165, 1.54) is 11.6 Å². The molecule has 0 aliphatic carbocycles. The molecule has 17 heavy (non-hydrogen) atoms. The molecule has 0 saturated heterocycles. The van der Waals surface area contributed by atoms with Gasteiger partial charge in [0.1, 0.15) is 8.58 Å². The average Bonchev–Trinajstić information content (AvgIpc) is 2.67. The molecule has 0 amide bonds. The molecule has 0 aromatic carbocycles. The molecule has 8 heteroatoms. The third-order valence-corrected chi connectivity index (χ3v) is 4.34. The van der Waals surface area contributed by atoms with E-state index in [9.17, 15) is 18.0 Å². The van der Waals surface area contributed by atoms with Crippen molar-refractivity contribution in [3.05, 3.63) is 14.6 Å². The molecule has 0 radical (unpaired) electrons. The van der Waals surface area contributed by atoms with Crippen LogP contribution in [-0.2, 0) is 17.5 Å². The fraction of sp³-hybridized carbons (Fsp3) is 0.333. The molecule has 0 fully saturated rings. The SMILES string of the molecule is CC(=O)Cn1nc(I)c2sc(C(F)(F)F)cc21. The molecule has 2 heterocycles. The number of ketones is 1. The van der Waals surface area contributed by atoms with Gasteiger partial charge < -0.3 is 0 Å². The molecular weight excluding hydrogens is 368 g/mol. The van der Waals surface area contributed by atoms with Gasteiger partial charge in [0.2, 0.25) is 0 Å². The molecule has 92 valence electrons. The van der Waals surface area contributed by atoms with E-state index in [4.69, 9.17) is 0 Å². The summed E-state index contributed by atoms with van der Waals surface area (Å²) in [4.78, 5) is 10.3. The summed E-state index contributed by atoms with van der Waals surface area (Å²) < 4.78 is 39.9. The van der Waals surface area contributed by atoms with Crippen molar-refractivity contribution in [3.63, 3.8) is 0 Å². The van der Waals surface area contributed by atoms with Crippen LogP contribution in [0.15, 0.2) is 6.07 Å². The van der Waals surface area contributed by atoms with Gasteiger partial charge in [-0.1, -0.05) is 0 Å². The third-order valence-electron chi connectivity index (χ3n) is 2.04. The summed E-state index contributed by atoms with van der Waals surface area (Å²) >= 11 is 2.52. The smallest absolute Gasteiger partial charge is 0.298 e. The van der Waals surface area contributed by atoms with Gasteiger partial charge in [0.05, 0.1) is 16.8 Å². The first-order valence-corrected chi connectivity index (χ1v) is 6.41. The normalized spacial score (nSPS) is 12.3. The summed E-state index contributed by atoms with van der Waals surface area (Å²) in [5.74, 6) is -0.148. The van der Waals surface area contributed by atoms with E-state index in [1.54, 1.807) is 0 Å². The van der Waals surface area contributed by atoms with Gasteiger partial charge in [-0.3, -0.25) is 9.48 Å². The molecular formula is C9H6F3IN2OS. The number of nitrogens with zero attached hydrogens (tertiary/aromatic N) is 2. The van der Waals surface area contributed by atoms with Gasteiger partial charge in [-0.05, 0) is 35.6 Å². The predicted octanol–water partition coefficient (Wildman–Crippen LogP) is 3.31. The molecule has 0 aliphatic rings. The molecule has 0 N–H and O–H groups in total. The van der Waals surface area contributed by atoms with E-state index >= 15 is 0 Å². The van der Waals surface area contributed by atoms with Crippen LogP contribution in [0.4, 0.5) is 13.2 Å². The Bertz CT molecular complexity index is 587. The summed E-state index contributed by atoms with van der Waals surface area (Å²) in [6, 6.07) is 1.04. The van der Waals surface area contributed by atoms with Crippen LogP contribution in [0.2, 0.25) is 0 Å². The summed E-state index contributed by atoms with van der Waals surface area (Å²) in [5.41, 5.74) is 0.363. The number of hydrogen-bond acceptors (Lipinski definition) is 3. The van der Waals surface area contributed by atoms with Gasteiger partial charge >= 0.3 is 6.18 Å². The maximum absolute atomic E-state index is 12.5. The zero-order chi connectivity index (χ0) is 12.8. The number of carbonyl (C=O) groups is 1. The Labute approximate surface area is 112 Å². The Kier molecular flexibility index (Phi) is 3.19. The van der Waals surface area contributed by atoms with Gasteiger partial charge in [-0.15, -0.1) is 11.3 Å². The van der Waals surface area contributed by atoms with E-state index in [-0.39, 0.29) is 12.3 Å². The van der Waals surface area contributed by atoms with E-state index in [0.717, 1.165) is 6.07 Å². The first-order chi connectivity index (χ1) is 7.79. The highest BCUT2D eigenvalue weighted by atomic mass is 127. The van der Waals surface area contributed by atoms with Crippen LogP contribution < -0.4 is 0 Å². The minimum atomic E-state index is -4.35. The van der Waals surface area contributed by atoms with Crippen LogP contribution in [-0.4, -0.2) is 15.6 Å². The topological polar surface area (TPSA) is 34.9 Å². The van der Waals surface area contributed by atoms with Crippen molar-refractivity contribution in [1.29, 1.82) is 0 Å². The number of rotatable bonds is 2. The largest absolute Gasteiger partial charge is 0.425 e. The number of fused-ring (bicyclic) bond motifs is 1. The van der Waals surface area contributed by atoms with Gasteiger partial charge in [0.25, 0.3) is 0 Å². The number of alkyl halides is 3. The number of carbonyl (C=O) groups excluding carboxylic acids is 1. The molecule has 0 spiro atoms. The van der Waals surface area contributed by atoms with E-state index in [0.29, 0.717) is 25.3 Å². The Morgan fingerprint density at radius 3 is 2.76 bits per heavy atom. The Morgan fingerprint density at radius 2 is 2.24 bits per heavy atom. The maximum Gasteiger partial charge on any atom is 0.425 e. The Morgan fingerprint density at radius 1 is 1.59 bits per heavy atom. The maximum atomic E-state index is 12.5. The van der Waals surface area contributed by atoms with Gasteiger partial charge in [-0.2, -0.15) is 18.3 Å². The van der Waals surface area contributed by atoms with E-state index in [1.807, 2.05) is 22.6 Å². The van der Waals surface area contributed by atoms with Crippen LogP contribution in [0.1, 0.15) is 11.8 Å². The lowest BCUT2D eigenvalue weighted by molar-refractivity contribution is -0.134. The molecule has 3 nitrogen and oxygen atoms in total. The highest BCUT2D eigenvalue weighted by molar-refractivity contribution is 14.1. The van der Waals surface area contributed by atoms with E-state index in [2.05, 4.69) is 5.10 Å². The first kappa shape index (κ1) is 12.8. The second-order valence-electron chi connectivity index (χ2n) is 3.47. The molecule has 2 aromatic heterocycles. The van der Waals surface area contributed by atoms with Crippen molar-refractivity contribution in [2.24, 2.45) is 0 Å². The fourth-order valence-electron chi connectivity index (χ4n) is 1.40. The van der Waals surface area contributed by atoms with Gasteiger partial charge in [0, 0.05) is 0 Å². The molecule has 0 aliphatic heterocycles. The van der Waals surface area contributed by atoms with Crippen molar-refractivity contribution in [2.45, 2.75) is 19.6 Å². The van der Waals surface area contributed by atoms with Crippen LogP contribution in [0.3, 0.4) is 0 Å². The van der Waals surface area contributed by atoms with Crippen LogP contribution >= 0.6 is 33.9 Å². The van der Waals surface area contributed by atoms with E-state index < -0.39 is 11.1 Å². The van der Waals surface area contributed by atoms with Crippen molar-refractivity contribution in [1.82, 2.24) is 9.78 Å². The molecule has 0 unspecified atom stereocenters. The molecule has 0 atom stereocenters. The lowest BCUT2D eigenvalue weighted by Crippen LogP contribution is -2.08. The Balaban J connectivity index is 2.57. The standard InChI is InChI=1S/C9H6F3IN2OS/c1-4(16)3-15-5-2-6(9(10,11)12)17-7(5)8(13)14-15/h2H,3H2,1H3. The molecule has 0 saturated carbocycles. The van der Waals surface area contributed by atoms with Crippen molar-refractivity contribution < 1.29 is 18.0 Å². The van der Waals surface area contributed by atoms with Gasteiger partial charge in [-0.25, -0.2) is 0 Å². The molecule has 2 aromatic rings. The molecule has 0 bridgehead atoms. The second kappa shape index (κ2) is 4.23. The number of Topliss-reactive ketones (excluding diaryl/α,β-unsaturated/α-hetero) is 1.